The molecule has 0 radical (unpaired) electrons. The van der Waals surface area contributed by atoms with Crippen molar-refractivity contribution >= 4 is 5.97 Å². The Balaban J connectivity index is 2.05. The summed E-state index contributed by atoms with van der Waals surface area (Å²) >= 11 is 0. The van der Waals surface area contributed by atoms with Crippen molar-refractivity contribution in [3.05, 3.63) is 0 Å². The lowest BCUT2D eigenvalue weighted by atomic mass is 9.92. The molecule has 0 unspecified atom stereocenters. The van der Waals surface area contributed by atoms with E-state index >= 15 is 0 Å². The van der Waals surface area contributed by atoms with Crippen LogP contribution in [0, 0.1) is 5.92 Å². The van der Waals surface area contributed by atoms with Crippen LogP contribution in [0.4, 0.5) is 0 Å². The molecule has 4 nitrogen and oxygen atoms in total. The smallest absolute Gasteiger partial charge is 0.303 e. The van der Waals surface area contributed by atoms with Crippen LogP contribution in [0.2, 0.25) is 0 Å². The van der Waals surface area contributed by atoms with Crippen molar-refractivity contribution in [2.45, 2.75) is 52.4 Å². The zero-order valence-electron chi connectivity index (χ0n) is 13.3. The van der Waals surface area contributed by atoms with Crippen molar-refractivity contribution in [1.82, 2.24) is 9.80 Å². The van der Waals surface area contributed by atoms with E-state index in [9.17, 15) is 4.79 Å². The van der Waals surface area contributed by atoms with Gasteiger partial charge in [-0.25, -0.2) is 0 Å². The molecule has 0 bridgehead atoms. The lowest BCUT2D eigenvalue weighted by Gasteiger charge is -2.32. The fourth-order valence-corrected chi connectivity index (χ4v) is 3.10. The van der Waals surface area contributed by atoms with Crippen LogP contribution in [0.25, 0.3) is 0 Å². The van der Waals surface area contributed by atoms with Crippen LogP contribution >= 0.6 is 0 Å². The monoisotopic (exact) mass is 284 g/mol. The highest BCUT2D eigenvalue weighted by Crippen LogP contribution is 2.22. The van der Waals surface area contributed by atoms with Gasteiger partial charge in [-0.15, -0.1) is 0 Å². The third kappa shape index (κ3) is 7.25. The maximum atomic E-state index is 10.5. The van der Waals surface area contributed by atoms with E-state index in [1.807, 2.05) is 0 Å². The van der Waals surface area contributed by atoms with Gasteiger partial charge in [0.05, 0.1) is 0 Å². The van der Waals surface area contributed by atoms with Crippen molar-refractivity contribution < 1.29 is 9.90 Å². The van der Waals surface area contributed by atoms with E-state index in [2.05, 4.69) is 23.6 Å². The second-order valence-electron chi connectivity index (χ2n) is 5.95. The van der Waals surface area contributed by atoms with Gasteiger partial charge in [-0.1, -0.05) is 13.8 Å². The van der Waals surface area contributed by atoms with Crippen molar-refractivity contribution in [2.75, 3.05) is 39.3 Å². The molecule has 0 aromatic carbocycles. The first-order chi connectivity index (χ1) is 9.65. The van der Waals surface area contributed by atoms with Crippen molar-refractivity contribution in [1.29, 1.82) is 0 Å². The molecule has 4 heteroatoms. The number of rotatable bonds is 10. The summed E-state index contributed by atoms with van der Waals surface area (Å²) in [5.74, 6) is 0.220. The Kier molecular flexibility index (Phi) is 8.86. The maximum absolute atomic E-state index is 10.5. The van der Waals surface area contributed by atoms with Crippen LogP contribution in [0.15, 0.2) is 0 Å². The van der Waals surface area contributed by atoms with Crippen LogP contribution in [0.5, 0.6) is 0 Å². The van der Waals surface area contributed by atoms with Gasteiger partial charge in [0.2, 0.25) is 0 Å². The fourth-order valence-electron chi connectivity index (χ4n) is 3.10. The first-order valence-electron chi connectivity index (χ1n) is 8.32. The highest BCUT2D eigenvalue weighted by Gasteiger charge is 2.18. The van der Waals surface area contributed by atoms with Crippen molar-refractivity contribution in [3.8, 4) is 0 Å². The van der Waals surface area contributed by atoms with E-state index in [-0.39, 0.29) is 0 Å². The van der Waals surface area contributed by atoms with Gasteiger partial charge in [-0.05, 0) is 77.3 Å². The number of likely N-dealkylation sites (tertiary alicyclic amines) is 1. The van der Waals surface area contributed by atoms with Crippen molar-refractivity contribution in [2.24, 2.45) is 5.92 Å². The van der Waals surface area contributed by atoms with Crippen molar-refractivity contribution in [3.63, 3.8) is 0 Å². The highest BCUT2D eigenvalue weighted by molar-refractivity contribution is 5.66. The molecule has 0 aromatic heterocycles. The minimum absolute atomic E-state index is 0.309. The first-order valence-corrected chi connectivity index (χ1v) is 8.32. The molecule has 0 saturated carbocycles. The number of carboxylic acids is 1. The molecular formula is C16H32N2O2. The molecule has 0 aliphatic carbocycles. The second kappa shape index (κ2) is 10.2. The van der Waals surface area contributed by atoms with Crippen LogP contribution in [0.3, 0.4) is 0 Å². The summed E-state index contributed by atoms with van der Waals surface area (Å²) in [5.41, 5.74) is 0. The lowest BCUT2D eigenvalue weighted by molar-refractivity contribution is -0.137. The third-order valence-corrected chi connectivity index (χ3v) is 4.55. The van der Waals surface area contributed by atoms with Gasteiger partial charge >= 0.3 is 5.97 Å². The average Bonchev–Trinajstić information content (AvgIpc) is 2.45. The topological polar surface area (TPSA) is 43.8 Å². The summed E-state index contributed by atoms with van der Waals surface area (Å²) in [7, 11) is 0. The standard InChI is InChI=1S/C16H32N2O2/c1-3-17(4-2)11-5-7-15-9-13-18(14-10-15)12-6-8-16(19)20/h15H,3-14H2,1-2H3,(H,19,20). The number of aliphatic carboxylic acids is 1. The molecule has 1 saturated heterocycles. The molecule has 1 rings (SSSR count). The van der Waals surface area contributed by atoms with Crippen LogP contribution < -0.4 is 0 Å². The zero-order valence-corrected chi connectivity index (χ0v) is 13.3. The van der Waals surface area contributed by atoms with Crippen LogP contribution in [-0.4, -0.2) is 60.1 Å². The highest BCUT2D eigenvalue weighted by atomic mass is 16.4. The number of hydrogen-bond acceptors (Lipinski definition) is 3. The summed E-state index contributed by atoms with van der Waals surface area (Å²) in [5, 5.41) is 8.65. The molecule has 118 valence electrons. The van der Waals surface area contributed by atoms with E-state index in [1.165, 1.54) is 45.3 Å². The van der Waals surface area contributed by atoms with Gasteiger partial charge in [-0.2, -0.15) is 0 Å². The predicted molar refractivity (Wildman–Crippen MR) is 83.1 cm³/mol. The molecular weight excluding hydrogens is 252 g/mol. The van der Waals surface area contributed by atoms with E-state index in [0.717, 1.165) is 32.0 Å². The van der Waals surface area contributed by atoms with Crippen LogP contribution in [-0.2, 0) is 4.79 Å². The normalized spacial score (nSPS) is 17.8. The maximum Gasteiger partial charge on any atom is 0.303 e. The molecule has 1 fully saturated rings. The number of piperidine rings is 1. The van der Waals surface area contributed by atoms with Gasteiger partial charge < -0.3 is 14.9 Å². The molecule has 1 aliphatic heterocycles. The predicted octanol–water partition coefficient (Wildman–Crippen LogP) is 2.69. The second-order valence-corrected chi connectivity index (χ2v) is 5.95. The summed E-state index contributed by atoms with van der Waals surface area (Å²) in [6.07, 6.45) is 6.38. The number of nitrogens with zero attached hydrogens (tertiary/aromatic N) is 2. The van der Waals surface area contributed by atoms with Crippen LogP contribution in [0.1, 0.15) is 52.4 Å². The summed E-state index contributed by atoms with van der Waals surface area (Å²) in [6, 6.07) is 0. The molecule has 1 aliphatic rings. The first kappa shape index (κ1) is 17.4. The largest absolute Gasteiger partial charge is 0.481 e. The Morgan fingerprint density at radius 1 is 1.20 bits per heavy atom. The van der Waals surface area contributed by atoms with Gasteiger partial charge in [-0.3, -0.25) is 4.79 Å². The number of carbonyl (C=O) groups is 1. The molecule has 1 N–H and O–H groups in total. The lowest BCUT2D eigenvalue weighted by Crippen LogP contribution is -2.35. The van der Waals surface area contributed by atoms with E-state index in [4.69, 9.17) is 5.11 Å². The Hall–Kier alpha value is -0.610. The fraction of sp³-hybridized carbons (Fsp3) is 0.938. The quantitative estimate of drug-likeness (QED) is 0.670. The van der Waals surface area contributed by atoms with E-state index < -0.39 is 5.97 Å². The van der Waals surface area contributed by atoms with Gasteiger partial charge in [0.1, 0.15) is 0 Å². The summed E-state index contributed by atoms with van der Waals surface area (Å²) in [4.78, 5) is 15.4. The molecule has 0 amide bonds. The molecule has 20 heavy (non-hydrogen) atoms. The van der Waals surface area contributed by atoms with E-state index in [0.29, 0.717) is 6.42 Å². The molecule has 1 heterocycles. The molecule has 0 spiro atoms. The Morgan fingerprint density at radius 2 is 1.85 bits per heavy atom. The van der Waals surface area contributed by atoms with Gasteiger partial charge in [0, 0.05) is 6.42 Å². The number of carboxylic acid groups (broad SMARTS) is 1. The van der Waals surface area contributed by atoms with E-state index in [1.54, 1.807) is 0 Å². The summed E-state index contributed by atoms with van der Waals surface area (Å²) < 4.78 is 0. The summed E-state index contributed by atoms with van der Waals surface area (Å²) in [6.45, 7) is 11.3. The minimum atomic E-state index is -0.670. The molecule has 0 aromatic rings. The molecule has 0 atom stereocenters. The Labute approximate surface area is 124 Å². The minimum Gasteiger partial charge on any atom is -0.481 e. The SMILES string of the molecule is CCN(CC)CCCC1CCN(CCCC(=O)O)CC1. The number of hydrogen-bond donors (Lipinski definition) is 1. The van der Waals surface area contributed by atoms with Gasteiger partial charge in [0.15, 0.2) is 0 Å². The average molecular weight is 284 g/mol. The third-order valence-electron chi connectivity index (χ3n) is 4.55. The zero-order chi connectivity index (χ0) is 14.8. The Bertz CT molecular complexity index is 259. The Morgan fingerprint density at radius 3 is 2.40 bits per heavy atom. The van der Waals surface area contributed by atoms with Gasteiger partial charge in [0.25, 0.3) is 0 Å².